The number of nitrogens with one attached hydrogen (secondary N) is 2. The molecule has 0 unspecified atom stereocenters. The van der Waals surface area contributed by atoms with Gasteiger partial charge in [-0.1, -0.05) is 18.2 Å². The Morgan fingerprint density at radius 1 is 1.33 bits per heavy atom. The highest BCUT2D eigenvalue weighted by molar-refractivity contribution is 7.98. The van der Waals surface area contributed by atoms with Crippen molar-refractivity contribution in [2.75, 3.05) is 19.3 Å². The Morgan fingerprint density at radius 3 is 2.83 bits per heavy atom. The zero-order chi connectivity index (χ0) is 13.2. The highest BCUT2D eigenvalue weighted by atomic mass is 32.2. The third-order valence-corrected chi connectivity index (χ3v) is 3.29. The number of hydrogen-bond donors (Lipinski definition) is 2. The van der Waals surface area contributed by atoms with Crippen molar-refractivity contribution in [2.45, 2.75) is 17.7 Å². The average molecular weight is 266 g/mol. The first-order valence-electron chi connectivity index (χ1n) is 5.83. The van der Waals surface area contributed by atoms with Gasteiger partial charge in [-0.05, 0) is 24.3 Å². The highest BCUT2D eigenvalue weighted by Gasteiger charge is 2.06. The molecule has 2 N–H and O–H groups in total. The van der Waals surface area contributed by atoms with Crippen molar-refractivity contribution in [2.24, 2.45) is 0 Å². The van der Waals surface area contributed by atoms with E-state index >= 15 is 0 Å². The lowest BCUT2D eigenvalue weighted by atomic mass is 10.1. The second kappa shape index (κ2) is 8.58. The summed E-state index contributed by atoms with van der Waals surface area (Å²) in [6.07, 6.45) is 3.81. The monoisotopic (exact) mass is 266 g/mol. The maximum absolute atomic E-state index is 11.7. The molecule has 0 aromatic heterocycles. The van der Waals surface area contributed by atoms with Crippen LogP contribution in [0.2, 0.25) is 0 Å². The zero-order valence-corrected chi connectivity index (χ0v) is 11.3. The number of carbonyl (C=O) groups is 2. The molecule has 0 bridgehead atoms. The van der Waals surface area contributed by atoms with Gasteiger partial charge in [0, 0.05) is 18.0 Å². The Balaban J connectivity index is 2.33. The first kappa shape index (κ1) is 14.6. The number of amides is 2. The Hall–Kier alpha value is -1.49. The van der Waals surface area contributed by atoms with Crippen LogP contribution in [-0.2, 0) is 16.0 Å². The fourth-order valence-corrected chi connectivity index (χ4v) is 2.18. The Morgan fingerprint density at radius 2 is 2.11 bits per heavy atom. The van der Waals surface area contributed by atoms with Crippen LogP contribution >= 0.6 is 11.8 Å². The molecule has 1 rings (SSSR count). The Kier molecular flexibility index (Phi) is 6.94. The molecule has 0 atom stereocenters. The molecule has 1 aromatic rings. The molecule has 98 valence electrons. The summed E-state index contributed by atoms with van der Waals surface area (Å²) in [7, 11) is 0. The summed E-state index contributed by atoms with van der Waals surface area (Å²) >= 11 is 1.64. The smallest absolute Gasteiger partial charge is 0.224 e. The fraction of sp³-hybridized carbons (Fsp3) is 0.385. The van der Waals surface area contributed by atoms with Gasteiger partial charge in [0.05, 0.1) is 6.42 Å². The van der Waals surface area contributed by atoms with Gasteiger partial charge in [0.1, 0.15) is 0 Å². The third-order valence-electron chi connectivity index (χ3n) is 2.45. The van der Waals surface area contributed by atoms with Gasteiger partial charge in [-0.3, -0.25) is 9.59 Å². The highest BCUT2D eigenvalue weighted by Crippen LogP contribution is 2.19. The van der Waals surface area contributed by atoms with Crippen LogP contribution in [0.1, 0.15) is 12.0 Å². The molecular weight excluding hydrogens is 248 g/mol. The molecule has 0 fully saturated rings. The average Bonchev–Trinajstić information content (AvgIpc) is 2.39. The van der Waals surface area contributed by atoms with Crippen LogP contribution < -0.4 is 10.6 Å². The molecule has 1 aromatic carbocycles. The zero-order valence-electron chi connectivity index (χ0n) is 10.4. The fourth-order valence-electron chi connectivity index (χ4n) is 1.56. The second-order valence-corrected chi connectivity index (χ2v) is 4.61. The summed E-state index contributed by atoms with van der Waals surface area (Å²) in [5.74, 6) is 0.0163. The molecule has 0 saturated heterocycles. The van der Waals surface area contributed by atoms with Crippen molar-refractivity contribution in [3.63, 3.8) is 0 Å². The van der Waals surface area contributed by atoms with Gasteiger partial charge >= 0.3 is 0 Å². The first-order valence-corrected chi connectivity index (χ1v) is 7.06. The number of benzene rings is 1. The van der Waals surface area contributed by atoms with E-state index in [2.05, 4.69) is 10.6 Å². The molecule has 0 spiro atoms. The van der Waals surface area contributed by atoms with E-state index in [4.69, 9.17) is 0 Å². The number of carbonyl (C=O) groups excluding carboxylic acids is 2. The SMILES string of the molecule is CSc1ccccc1CC(=O)NCCCNC=O. The van der Waals surface area contributed by atoms with Gasteiger partial charge < -0.3 is 10.6 Å². The van der Waals surface area contributed by atoms with Gasteiger partial charge in [0.25, 0.3) is 0 Å². The van der Waals surface area contributed by atoms with Gasteiger partial charge in [-0.25, -0.2) is 0 Å². The first-order chi connectivity index (χ1) is 8.77. The predicted molar refractivity (Wildman–Crippen MR) is 73.6 cm³/mol. The van der Waals surface area contributed by atoms with Crippen LogP contribution in [0.25, 0.3) is 0 Å². The van der Waals surface area contributed by atoms with Crippen molar-refractivity contribution in [1.29, 1.82) is 0 Å². The van der Waals surface area contributed by atoms with E-state index in [9.17, 15) is 9.59 Å². The maximum Gasteiger partial charge on any atom is 0.224 e. The lowest BCUT2D eigenvalue weighted by Gasteiger charge is -2.08. The minimum Gasteiger partial charge on any atom is -0.359 e. The molecule has 0 radical (unpaired) electrons. The van der Waals surface area contributed by atoms with E-state index in [0.717, 1.165) is 16.9 Å². The third kappa shape index (κ3) is 5.23. The topological polar surface area (TPSA) is 58.2 Å². The van der Waals surface area contributed by atoms with Crippen LogP contribution in [0.4, 0.5) is 0 Å². The van der Waals surface area contributed by atoms with Gasteiger partial charge in [0.15, 0.2) is 0 Å². The molecule has 0 saturated carbocycles. The minimum absolute atomic E-state index is 0.0163. The van der Waals surface area contributed by atoms with Crippen LogP contribution in [0, 0.1) is 0 Å². The van der Waals surface area contributed by atoms with E-state index in [-0.39, 0.29) is 5.91 Å². The van der Waals surface area contributed by atoms with Crippen LogP contribution in [0.15, 0.2) is 29.2 Å². The molecule has 4 nitrogen and oxygen atoms in total. The van der Waals surface area contributed by atoms with Crippen molar-refractivity contribution >= 4 is 24.1 Å². The van der Waals surface area contributed by atoms with Crippen LogP contribution in [-0.4, -0.2) is 31.7 Å². The summed E-state index contributed by atoms with van der Waals surface area (Å²) in [6, 6.07) is 7.90. The van der Waals surface area contributed by atoms with Crippen molar-refractivity contribution in [3.8, 4) is 0 Å². The van der Waals surface area contributed by atoms with Crippen molar-refractivity contribution in [1.82, 2.24) is 10.6 Å². The maximum atomic E-state index is 11.7. The van der Waals surface area contributed by atoms with E-state index in [1.54, 1.807) is 11.8 Å². The lowest BCUT2D eigenvalue weighted by molar-refractivity contribution is -0.120. The largest absolute Gasteiger partial charge is 0.359 e. The molecule has 2 amide bonds. The van der Waals surface area contributed by atoms with E-state index in [1.165, 1.54) is 0 Å². The second-order valence-electron chi connectivity index (χ2n) is 3.76. The van der Waals surface area contributed by atoms with Gasteiger partial charge in [0.2, 0.25) is 12.3 Å². The Labute approximate surface area is 112 Å². The van der Waals surface area contributed by atoms with E-state index in [1.807, 2.05) is 30.5 Å². The Bertz CT molecular complexity index is 396. The quantitative estimate of drug-likeness (QED) is 0.422. The predicted octanol–water partition coefficient (Wildman–Crippen LogP) is 1.20. The standard InChI is InChI=1S/C13H18N2O2S/c1-18-12-6-3-2-5-11(12)9-13(17)15-8-4-7-14-10-16/h2-3,5-6,10H,4,7-9H2,1H3,(H,14,16)(H,15,17). The summed E-state index contributed by atoms with van der Waals surface area (Å²) in [6.45, 7) is 1.17. The number of rotatable bonds is 8. The molecule has 0 heterocycles. The van der Waals surface area contributed by atoms with E-state index < -0.39 is 0 Å². The summed E-state index contributed by atoms with van der Waals surface area (Å²) in [4.78, 5) is 22.9. The lowest BCUT2D eigenvalue weighted by Crippen LogP contribution is -2.28. The van der Waals surface area contributed by atoms with Crippen LogP contribution in [0.5, 0.6) is 0 Å². The van der Waals surface area contributed by atoms with Crippen LogP contribution in [0.3, 0.4) is 0 Å². The molecule has 0 aliphatic heterocycles. The molecular formula is C13H18N2O2S. The van der Waals surface area contributed by atoms with Gasteiger partial charge in [-0.2, -0.15) is 0 Å². The summed E-state index contributed by atoms with van der Waals surface area (Å²) < 4.78 is 0. The van der Waals surface area contributed by atoms with E-state index in [0.29, 0.717) is 25.9 Å². The van der Waals surface area contributed by atoms with Crippen molar-refractivity contribution < 1.29 is 9.59 Å². The molecule has 0 aliphatic carbocycles. The summed E-state index contributed by atoms with van der Waals surface area (Å²) in [5.41, 5.74) is 1.05. The summed E-state index contributed by atoms with van der Waals surface area (Å²) in [5, 5.41) is 5.39. The normalized spacial score (nSPS) is 9.83. The van der Waals surface area contributed by atoms with Gasteiger partial charge in [-0.15, -0.1) is 11.8 Å². The van der Waals surface area contributed by atoms with Crippen molar-refractivity contribution in [3.05, 3.63) is 29.8 Å². The number of thioether (sulfide) groups is 1. The number of hydrogen-bond acceptors (Lipinski definition) is 3. The molecule has 5 heteroatoms. The molecule has 18 heavy (non-hydrogen) atoms. The minimum atomic E-state index is 0.0163. The molecule has 0 aliphatic rings.